The van der Waals surface area contributed by atoms with Crippen LogP contribution < -0.4 is 4.74 Å². The molecule has 10 nitrogen and oxygen atoms in total. The van der Waals surface area contributed by atoms with Crippen LogP contribution in [0.4, 0.5) is 0 Å². The quantitative estimate of drug-likeness (QED) is 0.418. The van der Waals surface area contributed by atoms with E-state index in [1.165, 1.54) is 6.33 Å². The van der Waals surface area contributed by atoms with Crippen molar-refractivity contribution in [2.75, 3.05) is 13.2 Å². The van der Waals surface area contributed by atoms with Crippen molar-refractivity contribution in [3.05, 3.63) is 18.1 Å². The van der Waals surface area contributed by atoms with Gasteiger partial charge >= 0.3 is 8.60 Å². The molecule has 2 aromatic heterocycles. The number of aliphatic hydroxyl groups excluding tert-OH is 1. The monoisotopic (exact) mass is 485 g/mol. The molecule has 2 aromatic rings. The molecule has 0 bridgehead atoms. The Hall–Kier alpha value is -1.17. The van der Waals surface area contributed by atoms with E-state index >= 15 is 0 Å². The molecule has 0 aliphatic carbocycles. The second-order valence-corrected chi connectivity index (χ2v) is 15.3. The van der Waals surface area contributed by atoms with Crippen LogP contribution in [-0.2, 0) is 20.1 Å². The molecule has 12 heteroatoms. The largest absolute Gasteiger partial charge is 0.477 e. The summed E-state index contributed by atoms with van der Waals surface area (Å²) in [5.74, 6) is 0.543. The SMILES string of the molecule is CC(C)(C)[Si](C)(C)O[C@@H]1[C@H](OP(O)O)[C@@H](CO)O[C@H]1n1cc2c3c(ncnc31)OCCC2. The second kappa shape index (κ2) is 8.88. The minimum atomic E-state index is -2.67. The molecule has 2 aliphatic heterocycles. The van der Waals surface area contributed by atoms with E-state index in [0.717, 1.165) is 23.8 Å². The fourth-order valence-corrected chi connectivity index (χ4v) is 5.77. The highest BCUT2D eigenvalue weighted by Gasteiger charge is 2.52. The minimum Gasteiger partial charge on any atom is -0.477 e. The lowest BCUT2D eigenvalue weighted by molar-refractivity contribution is -0.0487. The summed E-state index contributed by atoms with van der Waals surface area (Å²) in [4.78, 5) is 28.0. The Bertz CT molecular complexity index is 965. The van der Waals surface area contributed by atoms with E-state index in [9.17, 15) is 14.9 Å². The number of aromatic nitrogens is 3. The highest BCUT2D eigenvalue weighted by molar-refractivity contribution is 7.39. The summed E-state index contributed by atoms with van der Waals surface area (Å²) in [6.07, 6.45) is 2.10. The molecule has 32 heavy (non-hydrogen) atoms. The van der Waals surface area contributed by atoms with Crippen LogP contribution >= 0.6 is 8.60 Å². The Morgan fingerprint density at radius 3 is 2.66 bits per heavy atom. The molecule has 0 unspecified atom stereocenters. The molecule has 0 spiro atoms. The molecule has 178 valence electrons. The van der Waals surface area contributed by atoms with Gasteiger partial charge in [0.1, 0.15) is 30.3 Å². The Morgan fingerprint density at radius 1 is 1.25 bits per heavy atom. The van der Waals surface area contributed by atoms with Gasteiger partial charge in [-0.3, -0.25) is 0 Å². The van der Waals surface area contributed by atoms with Gasteiger partial charge in [0.2, 0.25) is 5.88 Å². The molecule has 1 saturated heterocycles. The lowest BCUT2D eigenvalue weighted by Crippen LogP contribution is -2.49. The fraction of sp³-hybridized carbons (Fsp3) is 0.700. The molecule has 0 aromatic carbocycles. The molecule has 2 aliphatic rings. The topological polar surface area (TPSA) is 128 Å². The van der Waals surface area contributed by atoms with Crippen molar-refractivity contribution in [2.45, 2.75) is 76.3 Å². The van der Waals surface area contributed by atoms with Gasteiger partial charge in [-0.15, -0.1) is 0 Å². The smallest absolute Gasteiger partial charge is 0.327 e. The number of aryl methyl sites for hydroxylation is 1. The Kier molecular flexibility index (Phi) is 6.65. The normalized spacial score (nSPS) is 26.5. The summed E-state index contributed by atoms with van der Waals surface area (Å²) in [6, 6.07) is 0. The number of hydrogen-bond donors (Lipinski definition) is 3. The highest BCUT2D eigenvalue weighted by atomic mass is 31.2. The van der Waals surface area contributed by atoms with Crippen LogP contribution in [0.2, 0.25) is 18.1 Å². The van der Waals surface area contributed by atoms with Crippen molar-refractivity contribution < 1.29 is 33.3 Å². The summed E-state index contributed by atoms with van der Waals surface area (Å²) in [7, 11) is -4.99. The van der Waals surface area contributed by atoms with Gasteiger partial charge in [-0.2, -0.15) is 0 Å². The average molecular weight is 486 g/mol. The van der Waals surface area contributed by atoms with E-state index in [0.29, 0.717) is 18.1 Å². The van der Waals surface area contributed by atoms with Gasteiger partial charge in [0, 0.05) is 6.20 Å². The predicted molar refractivity (Wildman–Crippen MR) is 121 cm³/mol. The van der Waals surface area contributed by atoms with E-state index in [2.05, 4.69) is 43.8 Å². The van der Waals surface area contributed by atoms with Gasteiger partial charge in [-0.25, -0.2) is 9.97 Å². The van der Waals surface area contributed by atoms with E-state index in [1.54, 1.807) is 0 Å². The zero-order valence-electron chi connectivity index (χ0n) is 19.1. The van der Waals surface area contributed by atoms with Gasteiger partial charge in [0.05, 0.1) is 18.6 Å². The summed E-state index contributed by atoms with van der Waals surface area (Å²) in [5.41, 5.74) is 1.70. The van der Waals surface area contributed by atoms with Crippen molar-refractivity contribution in [2.24, 2.45) is 0 Å². The van der Waals surface area contributed by atoms with Crippen molar-refractivity contribution in [1.29, 1.82) is 0 Å². The van der Waals surface area contributed by atoms with Gasteiger partial charge < -0.3 is 37.9 Å². The molecular weight excluding hydrogens is 453 g/mol. The van der Waals surface area contributed by atoms with Crippen LogP contribution in [0, 0.1) is 0 Å². The first-order valence-corrected chi connectivity index (χ1v) is 14.9. The maximum Gasteiger partial charge on any atom is 0.327 e. The van der Waals surface area contributed by atoms with Crippen molar-refractivity contribution >= 4 is 28.0 Å². The molecule has 4 atom stereocenters. The van der Waals surface area contributed by atoms with E-state index < -0.39 is 41.5 Å². The Balaban J connectivity index is 1.81. The lowest BCUT2D eigenvalue weighted by atomic mass is 10.1. The van der Waals surface area contributed by atoms with Crippen molar-refractivity contribution in [3.8, 4) is 5.88 Å². The zero-order valence-corrected chi connectivity index (χ0v) is 21.0. The number of nitrogens with zero attached hydrogens (tertiary/aromatic N) is 3. The first-order valence-electron chi connectivity index (χ1n) is 10.8. The third kappa shape index (κ3) is 4.33. The maximum absolute atomic E-state index is 9.99. The first kappa shape index (κ1) is 24.0. The average Bonchev–Trinajstić information content (AvgIpc) is 3.14. The summed E-state index contributed by atoms with van der Waals surface area (Å²) < 4.78 is 26.1. The molecule has 0 radical (unpaired) electrons. The molecule has 0 saturated carbocycles. The molecule has 1 fully saturated rings. The van der Waals surface area contributed by atoms with Crippen LogP contribution in [0.15, 0.2) is 12.5 Å². The van der Waals surface area contributed by atoms with Gasteiger partial charge in [-0.05, 0) is 36.5 Å². The van der Waals surface area contributed by atoms with Gasteiger partial charge in [0.15, 0.2) is 14.5 Å². The lowest BCUT2D eigenvalue weighted by Gasteiger charge is -2.40. The van der Waals surface area contributed by atoms with Gasteiger partial charge in [0.25, 0.3) is 0 Å². The Morgan fingerprint density at radius 2 is 2.00 bits per heavy atom. The van der Waals surface area contributed by atoms with Crippen LogP contribution in [0.5, 0.6) is 5.88 Å². The number of hydrogen-bond acceptors (Lipinski definition) is 9. The number of ether oxygens (including phenoxy) is 2. The van der Waals surface area contributed by atoms with Crippen LogP contribution in [0.1, 0.15) is 39.0 Å². The second-order valence-electron chi connectivity index (χ2n) is 9.80. The highest BCUT2D eigenvalue weighted by Crippen LogP contribution is 2.46. The molecular formula is C20H32N3O7PSi. The first-order chi connectivity index (χ1) is 15.0. The van der Waals surface area contributed by atoms with Crippen molar-refractivity contribution in [3.63, 3.8) is 0 Å². The maximum atomic E-state index is 9.99. The fourth-order valence-electron chi connectivity index (χ4n) is 4.01. The minimum absolute atomic E-state index is 0.101. The van der Waals surface area contributed by atoms with Gasteiger partial charge in [-0.1, -0.05) is 20.8 Å². The molecule has 4 heterocycles. The summed E-state index contributed by atoms with van der Waals surface area (Å²) >= 11 is 0. The van der Waals surface area contributed by atoms with Crippen LogP contribution in [0.25, 0.3) is 11.0 Å². The van der Waals surface area contributed by atoms with Crippen LogP contribution in [0.3, 0.4) is 0 Å². The van der Waals surface area contributed by atoms with E-state index in [-0.39, 0.29) is 11.6 Å². The molecule has 4 rings (SSSR count). The number of rotatable bonds is 6. The summed E-state index contributed by atoms with van der Waals surface area (Å²) in [6.45, 7) is 10.8. The van der Waals surface area contributed by atoms with E-state index in [4.69, 9.17) is 18.4 Å². The standard InChI is InChI=1S/C20H32N3O7PSi/c1-20(2,3)32(4,5)30-16-15(29-31(25)26)13(10-24)28-19(16)23-9-12-7-6-8-27-18-14(12)17(23)21-11-22-18/h9,11,13,15-16,19,24-26H,6-8,10H2,1-5H3/t13-,15-,16-,19-/m1/s1. The zero-order chi connectivity index (χ0) is 23.3. The van der Waals surface area contributed by atoms with Crippen LogP contribution in [-0.4, -0.2) is 69.3 Å². The predicted octanol–water partition coefficient (Wildman–Crippen LogP) is 2.63. The third-order valence-corrected chi connectivity index (χ3v) is 11.6. The Labute approximate surface area is 189 Å². The molecule has 0 amide bonds. The third-order valence-electron chi connectivity index (χ3n) is 6.67. The number of aliphatic hydroxyl groups is 1. The molecule has 3 N–H and O–H groups in total. The van der Waals surface area contributed by atoms with E-state index in [1.807, 2.05) is 10.8 Å². The summed E-state index contributed by atoms with van der Waals surface area (Å²) in [5, 5.41) is 10.7. The van der Waals surface area contributed by atoms with Crippen molar-refractivity contribution in [1.82, 2.24) is 14.5 Å².